The normalized spacial score (nSPS) is 9.85. The quantitative estimate of drug-likeness (QED) is 0.324. The third-order valence-corrected chi connectivity index (χ3v) is 4.29. The number of carbonyl (C=O) groups is 3. The summed E-state index contributed by atoms with van der Waals surface area (Å²) in [5.74, 6) is -1.55. The summed E-state index contributed by atoms with van der Waals surface area (Å²) in [6.45, 7) is 4.96. The molecule has 0 saturated carbocycles. The molecular weight excluding hydrogens is 442 g/mol. The Kier molecular flexibility index (Phi) is 9.01. The number of ether oxygens (including phenoxy) is 2. The number of aromatic hydroxyl groups is 3. The second-order valence-corrected chi connectivity index (χ2v) is 6.99. The maximum atomic E-state index is 11.8. The van der Waals surface area contributed by atoms with Crippen molar-refractivity contribution in [2.24, 2.45) is 0 Å². The molecule has 0 fully saturated rings. The third kappa shape index (κ3) is 7.27. The first-order valence-corrected chi connectivity index (χ1v) is 10.2. The summed E-state index contributed by atoms with van der Waals surface area (Å²) < 4.78 is 9.88. The van der Waals surface area contributed by atoms with Gasteiger partial charge in [0.25, 0.3) is 0 Å². The standard InChI is InChI=1S/C15H13NO4.C10H12O4/c1-10(17)16-11-6-8-12(9-7-11)20-15(19)13-4-2-3-5-14(13)18;1-3-14-10(13)9-6(2)4-7(11)5-8(9)12/h2-9,18H,1H3,(H,16,17);4-5,11-12H,3H2,1-2H3. The summed E-state index contributed by atoms with van der Waals surface area (Å²) in [5.41, 5.74) is 1.30. The van der Waals surface area contributed by atoms with E-state index in [1.54, 1.807) is 50.2 Å². The molecule has 3 aromatic rings. The zero-order valence-corrected chi connectivity index (χ0v) is 18.9. The van der Waals surface area contributed by atoms with E-state index in [9.17, 15) is 24.6 Å². The number of rotatable bonds is 5. The van der Waals surface area contributed by atoms with Crippen molar-refractivity contribution < 1.29 is 39.2 Å². The van der Waals surface area contributed by atoms with Gasteiger partial charge in [0, 0.05) is 18.7 Å². The zero-order valence-electron chi connectivity index (χ0n) is 18.9. The molecule has 0 bridgehead atoms. The fourth-order valence-electron chi connectivity index (χ4n) is 2.84. The van der Waals surface area contributed by atoms with Crippen molar-refractivity contribution in [1.82, 2.24) is 0 Å². The van der Waals surface area contributed by atoms with Crippen molar-refractivity contribution in [2.75, 3.05) is 11.9 Å². The topological polar surface area (TPSA) is 142 Å². The minimum Gasteiger partial charge on any atom is -0.508 e. The molecule has 0 radical (unpaired) electrons. The first kappa shape index (κ1) is 25.7. The second-order valence-electron chi connectivity index (χ2n) is 6.99. The maximum absolute atomic E-state index is 11.8. The molecule has 9 heteroatoms. The maximum Gasteiger partial charge on any atom is 0.347 e. The van der Waals surface area contributed by atoms with Gasteiger partial charge in [0.2, 0.25) is 5.91 Å². The first-order valence-electron chi connectivity index (χ1n) is 10.2. The van der Waals surface area contributed by atoms with Crippen LogP contribution in [-0.2, 0) is 9.53 Å². The molecule has 0 aliphatic rings. The van der Waals surface area contributed by atoms with Crippen LogP contribution in [0.1, 0.15) is 40.1 Å². The molecule has 0 heterocycles. The van der Waals surface area contributed by atoms with Crippen LogP contribution in [0.25, 0.3) is 0 Å². The summed E-state index contributed by atoms with van der Waals surface area (Å²) in [6.07, 6.45) is 0. The smallest absolute Gasteiger partial charge is 0.347 e. The van der Waals surface area contributed by atoms with E-state index in [1.165, 1.54) is 25.1 Å². The Morgan fingerprint density at radius 1 is 0.882 bits per heavy atom. The van der Waals surface area contributed by atoms with E-state index >= 15 is 0 Å². The minimum atomic E-state index is -0.643. The van der Waals surface area contributed by atoms with Gasteiger partial charge >= 0.3 is 11.9 Å². The number of carbonyl (C=O) groups excluding carboxylic acids is 3. The summed E-state index contributed by atoms with van der Waals surface area (Å²) in [4.78, 5) is 34.1. The number of hydrogen-bond acceptors (Lipinski definition) is 8. The van der Waals surface area contributed by atoms with Gasteiger partial charge in [-0.1, -0.05) is 12.1 Å². The molecule has 4 N–H and O–H groups in total. The average molecular weight is 467 g/mol. The van der Waals surface area contributed by atoms with Crippen molar-refractivity contribution in [1.29, 1.82) is 0 Å². The van der Waals surface area contributed by atoms with Gasteiger partial charge in [-0.3, -0.25) is 4.79 Å². The monoisotopic (exact) mass is 467 g/mol. The Balaban J connectivity index is 0.000000257. The summed E-state index contributed by atoms with van der Waals surface area (Å²) in [7, 11) is 0. The number of anilines is 1. The number of para-hydroxylation sites is 1. The Hall–Kier alpha value is -4.53. The Bertz CT molecular complexity index is 1150. The molecule has 3 rings (SSSR count). The van der Waals surface area contributed by atoms with Gasteiger partial charge in [-0.25, -0.2) is 9.59 Å². The molecule has 0 atom stereocenters. The predicted molar refractivity (Wildman–Crippen MR) is 124 cm³/mol. The highest BCUT2D eigenvalue weighted by molar-refractivity contribution is 5.94. The highest BCUT2D eigenvalue weighted by Crippen LogP contribution is 2.27. The van der Waals surface area contributed by atoms with E-state index in [1.807, 2.05) is 0 Å². The number of amides is 1. The number of phenolic OH excluding ortho intramolecular Hbond substituents is 3. The second kappa shape index (κ2) is 11.9. The molecule has 0 aliphatic heterocycles. The molecule has 9 nitrogen and oxygen atoms in total. The lowest BCUT2D eigenvalue weighted by atomic mass is 10.1. The highest BCUT2D eigenvalue weighted by Gasteiger charge is 2.16. The fraction of sp³-hybridized carbons (Fsp3) is 0.160. The number of phenols is 3. The molecule has 0 spiro atoms. The van der Waals surface area contributed by atoms with Gasteiger partial charge in [0.1, 0.15) is 34.1 Å². The summed E-state index contributed by atoms with van der Waals surface area (Å²) >= 11 is 0. The number of esters is 2. The highest BCUT2D eigenvalue weighted by atomic mass is 16.5. The van der Waals surface area contributed by atoms with Crippen molar-refractivity contribution in [3.8, 4) is 23.0 Å². The van der Waals surface area contributed by atoms with Crippen LogP contribution in [0, 0.1) is 6.92 Å². The van der Waals surface area contributed by atoms with Gasteiger partial charge < -0.3 is 30.1 Å². The third-order valence-electron chi connectivity index (χ3n) is 4.29. The Morgan fingerprint density at radius 2 is 1.53 bits per heavy atom. The lowest BCUT2D eigenvalue weighted by Crippen LogP contribution is -2.09. The van der Waals surface area contributed by atoms with E-state index < -0.39 is 11.9 Å². The van der Waals surface area contributed by atoms with Crippen LogP contribution in [0.3, 0.4) is 0 Å². The number of benzene rings is 3. The molecule has 0 unspecified atom stereocenters. The van der Waals surface area contributed by atoms with Crippen molar-refractivity contribution >= 4 is 23.5 Å². The van der Waals surface area contributed by atoms with E-state index in [0.29, 0.717) is 17.0 Å². The van der Waals surface area contributed by atoms with E-state index in [-0.39, 0.29) is 40.9 Å². The van der Waals surface area contributed by atoms with Crippen LogP contribution in [-0.4, -0.2) is 39.8 Å². The van der Waals surface area contributed by atoms with E-state index in [4.69, 9.17) is 14.6 Å². The van der Waals surface area contributed by atoms with Crippen LogP contribution >= 0.6 is 0 Å². The van der Waals surface area contributed by atoms with Crippen LogP contribution in [0.5, 0.6) is 23.0 Å². The van der Waals surface area contributed by atoms with Crippen LogP contribution in [0.4, 0.5) is 5.69 Å². The molecule has 34 heavy (non-hydrogen) atoms. The summed E-state index contributed by atoms with van der Waals surface area (Å²) in [6, 6.07) is 15.0. The zero-order chi connectivity index (χ0) is 25.3. The lowest BCUT2D eigenvalue weighted by Gasteiger charge is -2.07. The van der Waals surface area contributed by atoms with Crippen LogP contribution in [0.15, 0.2) is 60.7 Å². The molecular formula is C25H25NO8. The summed E-state index contributed by atoms with van der Waals surface area (Å²) in [5, 5.41) is 30.7. The molecule has 0 aliphatic carbocycles. The Labute approximate surface area is 196 Å². The fourth-order valence-corrected chi connectivity index (χ4v) is 2.84. The van der Waals surface area contributed by atoms with Crippen molar-refractivity contribution in [2.45, 2.75) is 20.8 Å². The van der Waals surface area contributed by atoms with Crippen molar-refractivity contribution in [3.63, 3.8) is 0 Å². The number of hydrogen-bond donors (Lipinski definition) is 4. The Morgan fingerprint density at radius 3 is 2.09 bits per heavy atom. The first-order chi connectivity index (χ1) is 16.1. The minimum absolute atomic E-state index is 0.0759. The molecule has 0 aromatic heterocycles. The van der Waals surface area contributed by atoms with Gasteiger partial charge in [0.15, 0.2) is 0 Å². The van der Waals surface area contributed by atoms with Crippen LogP contribution in [0.2, 0.25) is 0 Å². The molecule has 1 amide bonds. The predicted octanol–water partition coefficient (Wildman–Crippen LogP) is 4.15. The molecule has 0 saturated heterocycles. The van der Waals surface area contributed by atoms with Gasteiger partial charge in [-0.15, -0.1) is 0 Å². The van der Waals surface area contributed by atoms with E-state index in [0.717, 1.165) is 6.07 Å². The number of aryl methyl sites for hydroxylation is 1. The largest absolute Gasteiger partial charge is 0.508 e. The molecule has 178 valence electrons. The van der Waals surface area contributed by atoms with Gasteiger partial charge in [0.05, 0.1) is 6.61 Å². The lowest BCUT2D eigenvalue weighted by molar-refractivity contribution is -0.114. The van der Waals surface area contributed by atoms with E-state index in [2.05, 4.69) is 5.32 Å². The van der Waals surface area contributed by atoms with Gasteiger partial charge in [-0.2, -0.15) is 0 Å². The number of nitrogens with one attached hydrogen (secondary N) is 1. The van der Waals surface area contributed by atoms with Gasteiger partial charge in [-0.05, 0) is 61.9 Å². The van der Waals surface area contributed by atoms with Crippen LogP contribution < -0.4 is 10.1 Å². The SMILES string of the molecule is CC(=O)Nc1ccc(OC(=O)c2ccccc2O)cc1.CCOC(=O)c1c(C)cc(O)cc1O. The average Bonchev–Trinajstić information content (AvgIpc) is 2.75. The van der Waals surface area contributed by atoms with Crippen molar-refractivity contribution in [3.05, 3.63) is 77.4 Å². The molecule has 3 aromatic carbocycles.